The summed E-state index contributed by atoms with van der Waals surface area (Å²) in [6.45, 7) is 6.03. The summed E-state index contributed by atoms with van der Waals surface area (Å²) in [4.78, 5) is 39.3. The van der Waals surface area contributed by atoms with E-state index in [1.165, 1.54) is 19.9 Å². The molecule has 0 saturated heterocycles. The van der Waals surface area contributed by atoms with Crippen LogP contribution in [0.4, 0.5) is 0 Å². The van der Waals surface area contributed by atoms with Crippen LogP contribution in [-0.4, -0.2) is 37.0 Å². The summed E-state index contributed by atoms with van der Waals surface area (Å²) in [5.41, 5.74) is 1.33. The molecule has 0 fully saturated rings. The number of aryl methyl sites for hydroxylation is 1. The fourth-order valence-electron chi connectivity index (χ4n) is 2.84. The first-order valence-corrected chi connectivity index (χ1v) is 10.0. The number of esters is 1. The van der Waals surface area contributed by atoms with Gasteiger partial charge in [-0.15, -0.1) is 0 Å². The molecule has 0 spiro atoms. The Balaban J connectivity index is 2.29. The van der Waals surface area contributed by atoms with E-state index in [9.17, 15) is 22.8 Å². The van der Waals surface area contributed by atoms with E-state index in [-0.39, 0.29) is 27.0 Å². The summed E-state index contributed by atoms with van der Waals surface area (Å²) >= 11 is 5.94. The Kier molecular flexibility index (Phi) is 6.12. The van der Waals surface area contributed by atoms with E-state index in [1.807, 2.05) is 0 Å². The molecule has 0 saturated carbocycles. The number of ether oxygens (including phenoxy) is 1. The highest BCUT2D eigenvalue weighted by Crippen LogP contribution is 2.23. The topological polar surface area (TPSA) is 136 Å². The zero-order valence-corrected chi connectivity index (χ0v) is 17.2. The number of aromatic nitrogens is 1. The molecule has 0 aliphatic heterocycles. The van der Waals surface area contributed by atoms with Crippen LogP contribution in [0.2, 0.25) is 5.02 Å². The van der Waals surface area contributed by atoms with E-state index in [1.54, 1.807) is 13.8 Å². The lowest BCUT2D eigenvalue weighted by atomic mass is 10.0. The van der Waals surface area contributed by atoms with Crippen LogP contribution < -0.4 is 5.14 Å². The number of H-pyrrole nitrogens is 1. The number of rotatable bonds is 6. The highest BCUT2D eigenvalue weighted by atomic mass is 35.5. The summed E-state index contributed by atoms with van der Waals surface area (Å²) in [5.74, 6) is -1.72. The molecular weight excluding hydrogens is 408 g/mol. The van der Waals surface area contributed by atoms with Crippen molar-refractivity contribution in [1.82, 2.24) is 4.98 Å². The average molecular weight is 427 g/mol. The molecule has 0 radical (unpaired) electrons. The Bertz CT molecular complexity index is 1090. The standard InChI is InChI=1S/C18H19ClN2O6S/c1-8-15(10(3)22)9(2)21-16(8)17(23)11(4)27-18(24)13-7-12(28(20,25)26)5-6-14(13)19/h5-7,11,21H,1-4H3,(H2,20,25,26). The van der Waals surface area contributed by atoms with Crippen LogP contribution in [0.3, 0.4) is 0 Å². The highest BCUT2D eigenvalue weighted by Gasteiger charge is 2.27. The normalized spacial score (nSPS) is 12.5. The van der Waals surface area contributed by atoms with Gasteiger partial charge in [0.1, 0.15) is 0 Å². The molecule has 0 amide bonds. The van der Waals surface area contributed by atoms with Gasteiger partial charge in [-0.05, 0) is 51.5 Å². The first-order chi connectivity index (χ1) is 12.8. The lowest BCUT2D eigenvalue weighted by Crippen LogP contribution is -2.25. The third-order valence-corrected chi connectivity index (χ3v) is 5.42. The molecule has 3 N–H and O–H groups in total. The molecule has 8 nitrogen and oxygen atoms in total. The van der Waals surface area contributed by atoms with E-state index in [0.717, 1.165) is 12.1 Å². The zero-order chi connectivity index (χ0) is 21.4. The van der Waals surface area contributed by atoms with Gasteiger partial charge in [0.25, 0.3) is 0 Å². The third kappa shape index (κ3) is 4.32. The second-order valence-electron chi connectivity index (χ2n) is 6.28. The number of Topliss-reactive ketones (excluding diaryl/α,β-unsaturated/α-hetero) is 2. The van der Waals surface area contributed by atoms with Crippen LogP contribution in [0, 0.1) is 13.8 Å². The van der Waals surface area contributed by atoms with Crippen molar-refractivity contribution < 1.29 is 27.5 Å². The Morgan fingerprint density at radius 2 is 1.82 bits per heavy atom. The maximum absolute atomic E-state index is 12.7. The number of sulfonamides is 1. The van der Waals surface area contributed by atoms with Gasteiger partial charge < -0.3 is 9.72 Å². The molecule has 0 aliphatic rings. The minimum atomic E-state index is -4.05. The van der Waals surface area contributed by atoms with E-state index in [2.05, 4.69) is 4.98 Å². The Morgan fingerprint density at radius 1 is 1.21 bits per heavy atom. The van der Waals surface area contributed by atoms with Crippen LogP contribution in [0.15, 0.2) is 23.1 Å². The number of halogens is 1. The van der Waals surface area contributed by atoms with Crippen LogP contribution in [0.25, 0.3) is 0 Å². The summed E-state index contributed by atoms with van der Waals surface area (Å²) in [6.07, 6.45) is -1.21. The summed E-state index contributed by atoms with van der Waals surface area (Å²) in [5, 5.41) is 5.00. The summed E-state index contributed by atoms with van der Waals surface area (Å²) in [6, 6.07) is 3.33. The Morgan fingerprint density at radius 3 is 2.32 bits per heavy atom. The van der Waals surface area contributed by atoms with Crippen molar-refractivity contribution in [2.45, 2.75) is 38.7 Å². The van der Waals surface area contributed by atoms with Gasteiger partial charge in [-0.1, -0.05) is 11.6 Å². The van der Waals surface area contributed by atoms with Crippen molar-refractivity contribution >= 4 is 39.2 Å². The van der Waals surface area contributed by atoms with Crippen molar-refractivity contribution in [3.63, 3.8) is 0 Å². The first-order valence-electron chi connectivity index (χ1n) is 8.12. The van der Waals surface area contributed by atoms with Gasteiger partial charge in [0, 0.05) is 11.3 Å². The van der Waals surface area contributed by atoms with Crippen molar-refractivity contribution in [2.24, 2.45) is 5.14 Å². The van der Waals surface area contributed by atoms with E-state index in [0.29, 0.717) is 16.8 Å². The quantitative estimate of drug-likeness (QED) is 0.538. The van der Waals surface area contributed by atoms with Crippen LogP contribution in [0.1, 0.15) is 56.3 Å². The summed E-state index contributed by atoms with van der Waals surface area (Å²) < 4.78 is 28.1. The number of ketones is 2. The lowest BCUT2D eigenvalue weighted by molar-refractivity contribution is 0.0317. The van der Waals surface area contributed by atoms with Crippen molar-refractivity contribution in [3.8, 4) is 0 Å². The summed E-state index contributed by atoms with van der Waals surface area (Å²) in [7, 11) is -4.05. The number of aromatic amines is 1. The molecule has 150 valence electrons. The number of carbonyl (C=O) groups is 3. The Hall–Kier alpha value is -2.49. The van der Waals surface area contributed by atoms with E-state index >= 15 is 0 Å². The van der Waals surface area contributed by atoms with Gasteiger partial charge in [-0.2, -0.15) is 0 Å². The van der Waals surface area contributed by atoms with Gasteiger partial charge in [0.05, 0.1) is 21.2 Å². The largest absolute Gasteiger partial charge is 0.451 e. The number of benzene rings is 1. The highest BCUT2D eigenvalue weighted by molar-refractivity contribution is 7.89. The number of nitrogens with two attached hydrogens (primary N) is 1. The number of carbonyl (C=O) groups excluding carboxylic acids is 3. The second-order valence-corrected chi connectivity index (χ2v) is 8.25. The Labute approximate surface area is 167 Å². The van der Waals surface area contributed by atoms with Gasteiger partial charge in [0.15, 0.2) is 11.9 Å². The SMILES string of the molecule is CC(=O)c1c(C)[nH]c(C(=O)C(C)OC(=O)c2cc(S(N)(=O)=O)ccc2Cl)c1C. The number of primary sulfonamides is 1. The maximum Gasteiger partial charge on any atom is 0.340 e. The predicted molar refractivity (Wildman–Crippen MR) is 102 cm³/mol. The molecule has 1 aromatic carbocycles. The van der Waals surface area contributed by atoms with Crippen LogP contribution in [0.5, 0.6) is 0 Å². The minimum Gasteiger partial charge on any atom is -0.451 e. The maximum atomic E-state index is 12.7. The number of nitrogens with one attached hydrogen (secondary N) is 1. The fourth-order valence-corrected chi connectivity index (χ4v) is 3.58. The fraction of sp³-hybridized carbons (Fsp3) is 0.278. The molecule has 1 unspecified atom stereocenters. The predicted octanol–water partition coefficient (Wildman–Crippen LogP) is 2.56. The molecule has 1 heterocycles. The lowest BCUT2D eigenvalue weighted by Gasteiger charge is -2.13. The van der Waals surface area contributed by atoms with E-state index in [4.69, 9.17) is 21.5 Å². The molecule has 1 aromatic heterocycles. The zero-order valence-electron chi connectivity index (χ0n) is 15.6. The molecule has 0 aliphatic carbocycles. The molecule has 0 bridgehead atoms. The van der Waals surface area contributed by atoms with Crippen molar-refractivity contribution in [3.05, 3.63) is 51.3 Å². The molecule has 10 heteroatoms. The number of hydrogen-bond donors (Lipinski definition) is 2. The monoisotopic (exact) mass is 426 g/mol. The third-order valence-electron chi connectivity index (χ3n) is 4.18. The molecule has 28 heavy (non-hydrogen) atoms. The smallest absolute Gasteiger partial charge is 0.340 e. The number of hydrogen-bond acceptors (Lipinski definition) is 6. The molecule has 1 atom stereocenters. The van der Waals surface area contributed by atoms with Gasteiger partial charge in [-0.25, -0.2) is 18.4 Å². The van der Waals surface area contributed by atoms with E-state index < -0.39 is 27.9 Å². The van der Waals surface area contributed by atoms with Crippen LogP contribution in [-0.2, 0) is 14.8 Å². The van der Waals surface area contributed by atoms with Gasteiger partial charge in [-0.3, -0.25) is 9.59 Å². The minimum absolute atomic E-state index is 0.0530. The van der Waals surface area contributed by atoms with Gasteiger partial charge in [0.2, 0.25) is 15.8 Å². The van der Waals surface area contributed by atoms with Crippen molar-refractivity contribution in [2.75, 3.05) is 0 Å². The molecule has 2 rings (SSSR count). The van der Waals surface area contributed by atoms with Crippen molar-refractivity contribution in [1.29, 1.82) is 0 Å². The molecule has 2 aromatic rings. The molecular formula is C18H19ClN2O6S. The average Bonchev–Trinajstić information content (AvgIpc) is 2.87. The second kappa shape index (κ2) is 7.86. The van der Waals surface area contributed by atoms with Gasteiger partial charge >= 0.3 is 5.97 Å². The first kappa shape index (κ1) is 21.8. The van der Waals surface area contributed by atoms with Crippen LogP contribution >= 0.6 is 11.6 Å².